The predicted octanol–water partition coefficient (Wildman–Crippen LogP) is 0.386. The van der Waals surface area contributed by atoms with Gasteiger partial charge in [0.05, 0.1) is 0 Å². The second kappa shape index (κ2) is 8.47. The Bertz CT molecular complexity index is 224. The van der Waals surface area contributed by atoms with E-state index in [0.29, 0.717) is 0 Å². The average molecular weight is 242 g/mol. The maximum atomic E-state index is 4.13. The first kappa shape index (κ1) is 13.4. The van der Waals surface area contributed by atoms with Gasteiger partial charge in [-0.3, -0.25) is 9.89 Å². The van der Waals surface area contributed by atoms with E-state index in [1.54, 1.807) is 7.05 Å². The Morgan fingerprint density at radius 2 is 2.19 bits per heavy atom. The van der Waals surface area contributed by atoms with Crippen LogP contribution in [0.3, 0.4) is 0 Å². The number of rotatable bonds is 5. The molecule has 2 N–H and O–H groups in total. The van der Waals surface area contributed by atoms with Gasteiger partial charge in [-0.15, -0.1) is 6.58 Å². The number of thioether (sulfide) groups is 1. The minimum atomic E-state index is 0.750. The second-order valence-corrected chi connectivity index (χ2v) is 4.85. The van der Waals surface area contributed by atoms with Gasteiger partial charge in [0.15, 0.2) is 5.96 Å². The van der Waals surface area contributed by atoms with E-state index in [0.717, 1.165) is 25.6 Å². The zero-order valence-corrected chi connectivity index (χ0v) is 10.9. The largest absolute Gasteiger partial charge is 0.355 e. The Kier molecular flexibility index (Phi) is 7.09. The highest BCUT2D eigenvalue weighted by molar-refractivity contribution is 7.99. The maximum Gasteiger partial charge on any atom is 0.191 e. The summed E-state index contributed by atoms with van der Waals surface area (Å²) in [5.41, 5.74) is 0. The first-order valence-electron chi connectivity index (χ1n) is 5.72. The maximum absolute atomic E-state index is 4.13. The molecule has 0 aromatic heterocycles. The van der Waals surface area contributed by atoms with Crippen LogP contribution in [-0.2, 0) is 0 Å². The summed E-state index contributed by atoms with van der Waals surface area (Å²) >= 11 is 2.04. The highest BCUT2D eigenvalue weighted by atomic mass is 32.2. The van der Waals surface area contributed by atoms with E-state index >= 15 is 0 Å². The highest BCUT2D eigenvalue weighted by Crippen LogP contribution is 2.07. The lowest BCUT2D eigenvalue weighted by molar-refractivity contribution is 0.307. The predicted molar refractivity (Wildman–Crippen MR) is 73.3 cm³/mol. The minimum absolute atomic E-state index is 0.750. The first-order chi connectivity index (χ1) is 7.86. The number of guanidine groups is 1. The van der Waals surface area contributed by atoms with E-state index in [1.165, 1.54) is 24.6 Å². The topological polar surface area (TPSA) is 39.7 Å². The van der Waals surface area contributed by atoms with Crippen molar-refractivity contribution in [1.29, 1.82) is 0 Å². The van der Waals surface area contributed by atoms with Crippen LogP contribution in [0.4, 0.5) is 0 Å². The zero-order chi connectivity index (χ0) is 11.6. The van der Waals surface area contributed by atoms with Crippen LogP contribution in [0.1, 0.15) is 0 Å². The highest BCUT2D eigenvalue weighted by Gasteiger charge is 2.09. The summed E-state index contributed by atoms with van der Waals surface area (Å²) in [5.74, 6) is 3.39. The van der Waals surface area contributed by atoms with E-state index in [1.807, 2.05) is 17.8 Å². The minimum Gasteiger partial charge on any atom is -0.355 e. The van der Waals surface area contributed by atoms with Gasteiger partial charge in [0, 0.05) is 51.3 Å². The molecule has 0 aromatic carbocycles. The molecule has 1 aliphatic rings. The van der Waals surface area contributed by atoms with E-state index in [4.69, 9.17) is 0 Å². The molecule has 0 aromatic rings. The van der Waals surface area contributed by atoms with Crippen LogP contribution < -0.4 is 10.6 Å². The molecule has 0 saturated carbocycles. The molecule has 1 heterocycles. The van der Waals surface area contributed by atoms with E-state index < -0.39 is 0 Å². The molecule has 0 atom stereocenters. The fourth-order valence-corrected chi connectivity index (χ4v) is 2.53. The Hall–Kier alpha value is -0.680. The van der Waals surface area contributed by atoms with E-state index in [2.05, 4.69) is 27.1 Å². The molecular formula is C11H22N4S. The standard InChI is InChI=1S/C11H22N4S/c1-3-4-13-11(12-2)14-5-6-15-7-9-16-10-8-15/h3H,1,4-10H2,2H3,(H2,12,13,14). The molecule has 5 heteroatoms. The van der Waals surface area contributed by atoms with Gasteiger partial charge >= 0.3 is 0 Å². The Labute approximate surface area is 103 Å². The van der Waals surface area contributed by atoms with Gasteiger partial charge in [-0.1, -0.05) is 6.08 Å². The number of aliphatic imine (C=N–C) groups is 1. The van der Waals surface area contributed by atoms with Crippen molar-refractivity contribution in [3.63, 3.8) is 0 Å². The molecule has 4 nitrogen and oxygen atoms in total. The summed E-state index contributed by atoms with van der Waals surface area (Å²) in [5, 5.41) is 6.45. The molecule has 1 aliphatic heterocycles. The van der Waals surface area contributed by atoms with Gasteiger partial charge in [0.2, 0.25) is 0 Å². The van der Waals surface area contributed by atoms with Crippen molar-refractivity contribution in [3.8, 4) is 0 Å². The molecule has 1 rings (SSSR count). The normalized spacial score (nSPS) is 18.2. The molecule has 0 unspecified atom stereocenters. The van der Waals surface area contributed by atoms with Crippen molar-refractivity contribution >= 4 is 17.7 Å². The monoisotopic (exact) mass is 242 g/mol. The van der Waals surface area contributed by atoms with Crippen LogP contribution in [-0.4, -0.2) is 62.1 Å². The van der Waals surface area contributed by atoms with Gasteiger partial charge in [0.1, 0.15) is 0 Å². The van der Waals surface area contributed by atoms with Crippen molar-refractivity contribution in [2.24, 2.45) is 4.99 Å². The Morgan fingerprint density at radius 3 is 2.81 bits per heavy atom. The molecule has 0 aliphatic carbocycles. The molecule has 0 spiro atoms. The summed E-state index contributed by atoms with van der Waals surface area (Å²) in [6, 6.07) is 0. The van der Waals surface area contributed by atoms with Crippen LogP contribution in [0.25, 0.3) is 0 Å². The zero-order valence-electron chi connectivity index (χ0n) is 10.0. The third-order valence-electron chi connectivity index (χ3n) is 2.46. The average Bonchev–Trinajstić information content (AvgIpc) is 2.35. The van der Waals surface area contributed by atoms with Crippen LogP contribution in [0.2, 0.25) is 0 Å². The van der Waals surface area contributed by atoms with Crippen molar-refractivity contribution in [2.45, 2.75) is 0 Å². The molecule has 16 heavy (non-hydrogen) atoms. The molecule has 0 bridgehead atoms. The lowest BCUT2D eigenvalue weighted by Gasteiger charge is -2.26. The SMILES string of the molecule is C=CCNC(=NC)NCCN1CCSCC1. The third kappa shape index (κ3) is 5.42. The molecule has 1 saturated heterocycles. The summed E-state index contributed by atoms with van der Waals surface area (Å²) < 4.78 is 0. The molecular weight excluding hydrogens is 220 g/mol. The first-order valence-corrected chi connectivity index (χ1v) is 6.88. The fourth-order valence-electron chi connectivity index (χ4n) is 1.55. The van der Waals surface area contributed by atoms with Crippen molar-refractivity contribution < 1.29 is 0 Å². The lowest BCUT2D eigenvalue weighted by Crippen LogP contribution is -2.43. The van der Waals surface area contributed by atoms with Crippen molar-refractivity contribution in [1.82, 2.24) is 15.5 Å². The number of nitrogens with one attached hydrogen (secondary N) is 2. The molecule has 0 radical (unpaired) electrons. The molecule has 0 amide bonds. The Balaban J connectivity index is 2.10. The van der Waals surface area contributed by atoms with Gasteiger partial charge in [0.25, 0.3) is 0 Å². The van der Waals surface area contributed by atoms with Gasteiger partial charge in [-0.05, 0) is 0 Å². The Morgan fingerprint density at radius 1 is 1.44 bits per heavy atom. The van der Waals surface area contributed by atoms with Crippen molar-refractivity contribution in [2.75, 3.05) is 51.3 Å². The van der Waals surface area contributed by atoms with Gasteiger partial charge < -0.3 is 10.6 Å². The van der Waals surface area contributed by atoms with E-state index in [-0.39, 0.29) is 0 Å². The van der Waals surface area contributed by atoms with Crippen LogP contribution >= 0.6 is 11.8 Å². The third-order valence-corrected chi connectivity index (χ3v) is 3.40. The van der Waals surface area contributed by atoms with Crippen LogP contribution in [0.5, 0.6) is 0 Å². The molecule has 92 valence electrons. The van der Waals surface area contributed by atoms with Crippen molar-refractivity contribution in [3.05, 3.63) is 12.7 Å². The van der Waals surface area contributed by atoms with E-state index in [9.17, 15) is 0 Å². The number of nitrogens with zero attached hydrogens (tertiary/aromatic N) is 2. The summed E-state index contributed by atoms with van der Waals surface area (Å²) in [4.78, 5) is 6.62. The summed E-state index contributed by atoms with van der Waals surface area (Å²) in [6.45, 7) is 8.88. The van der Waals surface area contributed by atoms with Crippen LogP contribution in [0, 0.1) is 0 Å². The summed E-state index contributed by atoms with van der Waals surface area (Å²) in [6.07, 6.45) is 1.83. The van der Waals surface area contributed by atoms with Gasteiger partial charge in [-0.25, -0.2) is 0 Å². The van der Waals surface area contributed by atoms with Gasteiger partial charge in [-0.2, -0.15) is 11.8 Å². The fraction of sp³-hybridized carbons (Fsp3) is 0.727. The second-order valence-electron chi connectivity index (χ2n) is 3.62. The smallest absolute Gasteiger partial charge is 0.191 e. The quantitative estimate of drug-likeness (QED) is 0.415. The van der Waals surface area contributed by atoms with Crippen LogP contribution in [0.15, 0.2) is 17.6 Å². The number of hydrogen-bond donors (Lipinski definition) is 2. The summed E-state index contributed by atoms with van der Waals surface area (Å²) in [7, 11) is 1.79. The number of hydrogen-bond acceptors (Lipinski definition) is 3. The molecule has 1 fully saturated rings. The lowest BCUT2D eigenvalue weighted by atomic mass is 10.4.